The number of carbonyl (C=O) groups is 1. The van der Waals surface area contributed by atoms with Crippen LogP contribution in [0, 0.1) is 6.92 Å². The van der Waals surface area contributed by atoms with Gasteiger partial charge in [0.25, 0.3) is 0 Å². The number of aryl methyl sites for hydroxylation is 1. The summed E-state index contributed by atoms with van der Waals surface area (Å²) in [5.41, 5.74) is 9.21. The first-order valence-electron chi connectivity index (χ1n) is 7.04. The van der Waals surface area contributed by atoms with Gasteiger partial charge in [-0.1, -0.05) is 18.2 Å². The Morgan fingerprint density at radius 3 is 2.90 bits per heavy atom. The largest absolute Gasteiger partial charge is 0.493 e. The molecule has 0 spiro atoms. The molecule has 0 aliphatic carbocycles. The Morgan fingerprint density at radius 1 is 1.29 bits per heavy atom. The number of rotatable bonds is 2. The number of nitrogen functional groups attached to an aromatic ring is 1. The Balaban J connectivity index is 1.81. The summed E-state index contributed by atoms with van der Waals surface area (Å²) >= 11 is 0. The fraction of sp³-hybridized carbons (Fsp3) is 0.235. The van der Waals surface area contributed by atoms with Crippen LogP contribution in [0.25, 0.3) is 0 Å². The van der Waals surface area contributed by atoms with Crippen molar-refractivity contribution in [3.63, 3.8) is 0 Å². The topological polar surface area (TPSA) is 64.3 Å². The van der Waals surface area contributed by atoms with Crippen LogP contribution >= 0.6 is 0 Å². The maximum Gasteiger partial charge on any atom is 0.232 e. The number of fused-ring (bicyclic) bond motifs is 1. The molecular weight excluding hydrogens is 264 g/mol. The third-order valence-electron chi connectivity index (χ3n) is 3.81. The van der Waals surface area contributed by atoms with Crippen molar-refractivity contribution in [1.82, 2.24) is 0 Å². The Kier molecular flexibility index (Phi) is 3.52. The minimum Gasteiger partial charge on any atom is -0.493 e. The average molecular weight is 282 g/mol. The van der Waals surface area contributed by atoms with Crippen LogP contribution in [0.3, 0.4) is 0 Å². The van der Waals surface area contributed by atoms with Crippen LogP contribution in [0.2, 0.25) is 0 Å². The van der Waals surface area contributed by atoms with E-state index in [9.17, 15) is 4.79 Å². The van der Waals surface area contributed by atoms with Gasteiger partial charge in [0.1, 0.15) is 5.75 Å². The van der Waals surface area contributed by atoms with E-state index >= 15 is 0 Å². The first-order chi connectivity index (χ1) is 10.1. The van der Waals surface area contributed by atoms with E-state index in [2.05, 4.69) is 5.32 Å². The number of carbonyl (C=O) groups excluding carboxylic acids is 1. The molecule has 0 bridgehead atoms. The van der Waals surface area contributed by atoms with Crippen molar-refractivity contribution in [3.8, 4) is 5.75 Å². The first kappa shape index (κ1) is 13.5. The van der Waals surface area contributed by atoms with Crippen LogP contribution in [0.5, 0.6) is 5.75 Å². The molecule has 3 N–H and O–H groups in total. The van der Waals surface area contributed by atoms with Crippen LogP contribution in [0.4, 0.5) is 11.4 Å². The van der Waals surface area contributed by atoms with Crippen molar-refractivity contribution in [1.29, 1.82) is 0 Å². The highest BCUT2D eigenvalue weighted by Crippen LogP contribution is 2.34. The second kappa shape index (κ2) is 5.48. The molecule has 1 atom stereocenters. The van der Waals surface area contributed by atoms with Crippen LogP contribution in [0.15, 0.2) is 42.5 Å². The number of nitrogens with one attached hydrogen (secondary N) is 1. The number of hydrogen-bond donors (Lipinski definition) is 2. The number of anilines is 2. The zero-order valence-electron chi connectivity index (χ0n) is 11.9. The maximum atomic E-state index is 12.5. The predicted octanol–water partition coefficient (Wildman–Crippen LogP) is 3.08. The standard InChI is InChI=1S/C17H18N2O2/c1-11-10-12(6-7-15(11)18)19-17(20)14-8-9-21-16-5-3-2-4-13(14)16/h2-7,10,14H,8-9,18H2,1H3,(H,19,20). The van der Waals surface area contributed by atoms with Gasteiger partial charge in [-0.05, 0) is 43.2 Å². The minimum atomic E-state index is -0.173. The molecule has 4 nitrogen and oxygen atoms in total. The number of benzene rings is 2. The summed E-state index contributed by atoms with van der Waals surface area (Å²) in [6.07, 6.45) is 0.691. The van der Waals surface area contributed by atoms with E-state index in [1.165, 1.54) is 0 Å². The van der Waals surface area contributed by atoms with Gasteiger partial charge in [-0.3, -0.25) is 4.79 Å². The van der Waals surface area contributed by atoms with Crippen molar-refractivity contribution in [3.05, 3.63) is 53.6 Å². The molecule has 2 aromatic rings. The molecule has 21 heavy (non-hydrogen) atoms. The van der Waals surface area contributed by atoms with Gasteiger partial charge in [0, 0.05) is 16.9 Å². The van der Waals surface area contributed by atoms with Gasteiger partial charge in [0.05, 0.1) is 12.5 Å². The zero-order valence-corrected chi connectivity index (χ0v) is 11.9. The molecule has 3 rings (SSSR count). The van der Waals surface area contributed by atoms with Gasteiger partial charge >= 0.3 is 0 Å². The highest BCUT2D eigenvalue weighted by atomic mass is 16.5. The van der Waals surface area contributed by atoms with Gasteiger partial charge in [-0.2, -0.15) is 0 Å². The lowest BCUT2D eigenvalue weighted by molar-refractivity contribution is -0.118. The molecule has 0 fully saturated rings. The molecule has 1 heterocycles. The van der Waals surface area contributed by atoms with E-state index in [1.807, 2.05) is 49.4 Å². The Bertz CT molecular complexity index is 682. The van der Waals surface area contributed by atoms with Gasteiger partial charge in [-0.25, -0.2) is 0 Å². The summed E-state index contributed by atoms with van der Waals surface area (Å²) in [6, 6.07) is 13.2. The lowest BCUT2D eigenvalue weighted by Crippen LogP contribution is -2.26. The highest BCUT2D eigenvalue weighted by Gasteiger charge is 2.27. The van der Waals surface area contributed by atoms with Crippen LogP contribution in [-0.2, 0) is 4.79 Å². The van der Waals surface area contributed by atoms with Crippen molar-refractivity contribution < 1.29 is 9.53 Å². The number of amides is 1. The predicted molar refractivity (Wildman–Crippen MR) is 83.5 cm³/mol. The molecule has 0 aromatic heterocycles. The summed E-state index contributed by atoms with van der Waals surface area (Å²) in [6.45, 7) is 2.49. The monoisotopic (exact) mass is 282 g/mol. The van der Waals surface area contributed by atoms with Crippen molar-refractivity contribution in [2.75, 3.05) is 17.7 Å². The number of ether oxygens (including phenoxy) is 1. The molecule has 1 aliphatic rings. The zero-order chi connectivity index (χ0) is 14.8. The molecule has 1 aliphatic heterocycles. The van der Waals surface area contributed by atoms with Crippen molar-refractivity contribution >= 4 is 17.3 Å². The van der Waals surface area contributed by atoms with Gasteiger partial charge in [0.2, 0.25) is 5.91 Å². The van der Waals surface area contributed by atoms with Crippen molar-refractivity contribution in [2.24, 2.45) is 0 Å². The summed E-state index contributed by atoms with van der Waals surface area (Å²) in [5, 5.41) is 2.97. The molecular formula is C17H18N2O2. The van der Waals surface area contributed by atoms with Gasteiger partial charge in [-0.15, -0.1) is 0 Å². The molecule has 1 amide bonds. The third-order valence-corrected chi connectivity index (χ3v) is 3.81. The van der Waals surface area contributed by atoms with Gasteiger partial charge < -0.3 is 15.8 Å². The highest BCUT2D eigenvalue weighted by molar-refractivity contribution is 5.96. The molecule has 2 aromatic carbocycles. The fourth-order valence-corrected chi connectivity index (χ4v) is 2.60. The van der Waals surface area contributed by atoms with Crippen molar-refractivity contribution in [2.45, 2.75) is 19.3 Å². The number of para-hydroxylation sites is 1. The molecule has 0 radical (unpaired) electrons. The van der Waals surface area contributed by atoms with E-state index in [4.69, 9.17) is 10.5 Å². The molecule has 108 valence electrons. The molecule has 0 saturated heterocycles. The summed E-state index contributed by atoms with van der Waals surface area (Å²) in [4.78, 5) is 12.5. The Morgan fingerprint density at radius 2 is 2.10 bits per heavy atom. The smallest absolute Gasteiger partial charge is 0.232 e. The van der Waals surface area contributed by atoms with E-state index < -0.39 is 0 Å². The fourth-order valence-electron chi connectivity index (χ4n) is 2.60. The maximum absolute atomic E-state index is 12.5. The molecule has 1 unspecified atom stereocenters. The average Bonchev–Trinajstić information content (AvgIpc) is 2.50. The third kappa shape index (κ3) is 2.70. The van der Waals surface area contributed by atoms with E-state index in [0.29, 0.717) is 13.0 Å². The minimum absolute atomic E-state index is 0.00470. The van der Waals surface area contributed by atoms with E-state index in [1.54, 1.807) is 0 Å². The quantitative estimate of drug-likeness (QED) is 0.832. The lowest BCUT2D eigenvalue weighted by Gasteiger charge is -2.25. The number of nitrogens with two attached hydrogens (primary N) is 1. The summed E-state index contributed by atoms with van der Waals surface area (Å²) in [5.74, 6) is 0.625. The first-order valence-corrected chi connectivity index (χ1v) is 7.04. The van der Waals surface area contributed by atoms with E-state index in [0.717, 1.165) is 28.3 Å². The summed E-state index contributed by atoms with van der Waals surface area (Å²) in [7, 11) is 0. The second-order valence-corrected chi connectivity index (χ2v) is 5.29. The molecule has 0 saturated carbocycles. The Labute approximate surface area is 123 Å². The van der Waals surface area contributed by atoms with Crippen LogP contribution < -0.4 is 15.8 Å². The van der Waals surface area contributed by atoms with Crippen LogP contribution in [0.1, 0.15) is 23.5 Å². The molecule has 4 heteroatoms. The lowest BCUT2D eigenvalue weighted by atomic mass is 9.92. The second-order valence-electron chi connectivity index (χ2n) is 5.29. The summed E-state index contributed by atoms with van der Waals surface area (Å²) < 4.78 is 5.59. The van der Waals surface area contributed by atoms with Crippen LogP contribution in [-0.4, -0.2) is 12.5 Å². The number of hydrogen-bond acceptors (Lipinski definition) is 3. The normalized spacial score (nSPS) is 16.7. The SMILES string of the molecule is Cc1cc(NC(=O)C2CCOc3ccccc32)ccc1N. The Hall–Kier alpha value is -2.49. The van der Waals surface area contributed by atoms with E-state index in [-0.39, 0.29) is 11.8 Å². The van der Waals surface area contributed by atoms with Gasteiger partial charge in [0.15, 0.2) is 0 Å².